The molecule has 2 rings (SSSR count). The maximum atomic E-state index is 12.2. The second kappa shape index (κ2) is 6.73. The molecule has 0 unspecified atom stereocenters. The highest BCUT2D eigenvalue weighted by molar-refractivity contribution is 7.89. The summed E-state index contributed by atoms with van der Waals surface area (Å²) in [6.07, 6.45) is 1.66. The van der Waals surface area contributed by atoms with Crippen molar-refractivity contribution in [3.8, 4) is 5.75 Å². The second-order valence-corrected chi connectivity index (χ2v) is 6.13. The molecule has 0 atom stereocenters. The van der Waals surface area contributed by atoms with Crippen LogP contribution in [0.5, 0.6) is 5.75 Å². The van der Waals surface area contributed by atoms with E-state index in [9.17, 15) is 8.42 Å². The number of benzene rings is 1. The Kier molecular flexibility index (Phi) is 4.98. The third-order valence-electron chi connectivity index (χ3n) is 2.99. The summed E-state index contributed by atoms with van der Waals surface area (Å²) in [4.78, 5) is 0.216. The van der Waals surface area contributed by atoms with E-state index in [1.165, 1.54) is 12.1 Å². The fraction of sp³-hybridized carbons (Fsp3) is 0.357. The molecule has 6 nitrogen and oxygen atoms in total. The monoisotopic (exact) mass is 309 g/mol. The van der Waals surface area contributed by atoms with Crippen molar-refractivity contribution in [1.82, 2.24) is 14.5 Å². The molecular weight excluding hydrogens is 290 g/mol. The zero-order valence-corrected chi connectivity index (χ0v) is 12.9. The molecule has 0 radical (unpaired) electrons. The Morgan fingerprint density at radius 2 is 1.90 bits per heavy atom. The normalized spacial score (nSPS) is 11.5. The van der Waals surface area contributed by atoms with Gasteiger partial charge < -0.3 is 4.74 Å². The smallest absolute Gasteiger partial charge is 0.240 e. The van der Waals surface area contributed by atoms with Crippen molar-refractivity contribution in [2.75, 3.05) is 6.61 Å². The SMILES string of the molecule is CCOc1ccc(S(=O)(=O)NCc2ccnn2CC)cc1. The summed E-state index contributed by atoms with van der Waals surface area (Å²) >= 11 is 0. The number of ether oxygens (including phenoxy) is 1. The van der Waals surface area contributed by atoms with Crippen molar-refractivity contribution in [3.63, 3.8) is 0 Å². The minimum absolute atomic E-state index is 0.212. The summed E-state index contributed by atoms with van der Waals surface area (Å²) in [6.45, 7) is 5.29. The molecule has 0 amide bonds. The van der Waals surface area contributed by atoms with Gasteiger partial charge in [-0.25, -0.2) is 13.1 Å². The Morgan fingerprint density at radius 1 is 1.19 bits per heavy atom. The van der Waals surface area contributed by atoms with Gasteiger partial charge in [0, 0.05) is 12.7 Å². The fourth-order valence-electron chi connectivity index (χ4n) is 1.93. The van der Waals surface area contributed by atoms with Crippen LogP contribution in [0.3, 0.4) is 0 Å². The molecule has 0 saturated heterocycles. The first-order chi connectivity index (χ1) is 10.1. The van der Waals surface area contributed by atoms with Gasteiger partial charge in [-0.3, -0.25) is 4.68 Å². The lowest BCUT2D eigenvalue weighted by Crippen LogP contribution is -2.24. The summed E-state index contributed by atoms with van der Waals surface area (Å²) in [5, 5.41) is 4.11. The van der Waals surface area contributed by atoms with Gasteiger partial charge in [0.1, 0.15) is 5.75 Å². The Hall–Kier alpha value is -1.86. The van der Waals surface area contributed by atoms with Gasteiger partial charge in [-0.15, -0.1) is 0 Å². The third kappa shape index (κ3) is 3.83. The van der Waals surface area contributed by atoms with Crippen LogP contribution in [-0.2, 0) is 23.1 Å². The van der Waals surface area contributed by atoms with E-state index >= 15 is 0 Å². The molecule has 0 fully saturated rings. The lowest BCUT2D eigenvalue weighted by Gasteiger charge is -2.09. The molecule has 1 aromatic heterocycles. The number of rotatable bonds is 7. The van der Waals surface area contributed by atoms with E-state index < -0.39 is 10.0 Å². The van der Waals surface area contributed by atoms with Crippen molar-refractivity contribution in [1.29, 1.82) is 0 Å². The van der Waals surface area contributed by atoms with Crippen LogP contribution in [0.15, 0.2) is 41.4 Å². The molecule has 0 aliphatic carbocycles. The summed E-state index contributed by atoms with van der Waals surface area (Å²) < 4.78 is 34.1. The summed E-state index contributed by atoms with van der Waals surface area (Å²) in [5.74, 6) is 0.653. The summed E-state index contributed by atoms with van der Waals surface area (Å²) in [6, 6.07) is 8.15. The number of nitrogens with one attached hydrogen (secondary N) is 1. The minimum atomic E-state index is -3.54. The molecule has 0 bridgehead atoms. The number of hydrogen-bond donors (Lipinski definition) is 1. The Labute approximate surface area is 124 Å². The van der Waals surface area contributed by atoms with Crippen molar-refractivity contribution >= 4 is 10.0 Å². The van der Waals surface area contributed by atoms with Gasteiger partial charge in [-0.05, 0) is 44.2 Å². The first-order valence-corrected chi connectivity index (χ1v) is 8.28. The van der Waals surface area contributed by atoms with Crippen LogP contribution in [0.2, 0.25) is 0 Å². The first kappa shape index (κ1) is 15.5. The van der Waals surface area contributed by atoms with E-state index in [1.807, 2.05) is 13.8 Å². The number of aryl methyl sites for hydroxylation is 1. The summed E-state index contributed by atoms with van der Waals surface area (Å²) in [5.41, 5.74) is 0.826. The molecule has 0 spiro atoms. The predicted molar refractivity (Wildman–Crippen MR) is 79.5 cm³/mol. The fourth-order valence-corrected chi connectivity index (χ4v) is 2.93. The Morgan fingerprint density at radius 3 is 2.52 bits per heavy atom. The first-order valence-electron chi connectivity index (χ1n) is 6.80. The van der Waals surface area contributed by atoms with Gasteiger partial charge >= 0.3 is 0 Å². The maximum Gasteiger partial charge on any atom is 0.240 e. The summed E-state index contributed by atoms with van der Waals surface area (Å²) in [7, 11) is -3.54. The van der Waals surface area contributed by atoms with Crippen LogP contribution in [0, 0.1) is 0 Å². The molecule has 114 valence electrons. The van der Waals surface area contributed by atoms with Crippen LogP contribution < -0.4 is 9.46 Å². The van der Waals surface area contributed by atoms with Crippen molar-refractivity contribution < 1.29 is 13.2 Å². The van der Waals surface area contributed by atoms with Gasteiger partial charge in [-0.2, -0.15) is 5.10 Å². The van der Waals surface area contributed by atoms with E-state index in [0.717, 1.165) is 5.69 Å². The van der Waals surface area contributed by atoms with Crippen LogP contribution >= 0.6 is 0 Å². The number of sulfonamides is 1. The molecule has 0 aliphatic rings. The van der Waals surface area contributed by atoms with Gasteiger partial charge in [0.25, 0.3) is 0 Å². The number of aromatic nitrogens is 2. The van der Waals surface area contributed by atoms with E-state index in [2.05, 4.69) is 9.82 Å². The topological polar surface area (TPSA) is 73.2 Å². The molecule has 21 heavy (non-hydrogen) atoms. The van der Waals surface area contributed by atoms with E-state index in [0.29, 0.717) is 18.9 Å². The molecular formula is C14H19N3O3S. The molecule has 0 saturated carbocycles. The standard InChI is InChI=1S/C14H19N3O3S/c1-3-17-12(9-10-15-17)11-16-21(18,19)14-7-5-13(6-8-14)20-4-2/h5-10,16H,3-4,11H2,1-2H3. The highest BCUT2D eigenvalue weighted by Gasteiger charge is 2.14. The molecule has 2 aromatic rings. The van der Waals surface area contributed by atoms with Crippen LogP contribution in [0.4, 0.5) is 0 Å². The number of nitrogens with zero attached hydrogens (tertiary/aromatic N) is 2. The van der Waals surface area contributed by atoms with Gasteiger partial charge in [0.15, 0.2) is 0 Å². The average molecular weight is 309 g/mol. The molecule has 1 N–H and O–H groups in total. The quantitative estimate of drug-likeness (QED) is 0.846. The van der Waals surface area contributed by atoms with Gasteiger partial charge in [0.2, 0.25) is 10.0 Å². The predicted octanol–water partition coefficient (Wildman–Crippen LogP) is 1.78. The highest BCUT2D eigenvalue weighted by Crippen LogP contribution is 2.16. The molecule has 1 aromatic carbocycles. The molecule has 7 heteroatoms. The average Bonchev–Trinajstić information content (AvgIpc) is 2.94. The third-order valence-corrected chi connectivity index (χ3v) is 4.41. The molecule has 0 aliphatic heterocycles. The zero-order chi connectivity index (χ0) is 15.3. The van der Waals surface area contributed by atoms with E-state index in [-0.39, 0.29) is 11.4 Å². The second-order valence-electron chi connectivity index (χ2n) is 4.37. The van der Waals surface area contributed by atoms with Gasteiger partial charge in [-0.1, -0.05) is 0 Å². The largest absolute Gasteiger partial charge is 0.494 e. The van der Waals surface area contributed by atoms with Crippen molar-refractivity contribution in [3.05, 3.63) is 42.2 Å². The van der Waals surface area contributed by atoms with Crippen LogP contribution in [0.1, 0.15) is 19.5 Å². The van der Waals surface area contributed by atoms with E-state index in [4.69, 9.17) is 4.74 Å². The highest BCUT2D eigenvalue weighted by atomic mass is 32.2. The molecule has 1 heterocycles. The van der Waals surface area contributed by atoms with Crippen molar-refractivity contribution in [2.24, 2.45) is 0 Å². The van der Waals surface area contributed by atoms with Crippen molar-refractivity contribution in [2.45, 2.75) is 31.8 Å². The lowest BCUT2D eigenvalue weighted by atomic mass is 10.3. The van der Waals surface area contributed by atoms with Crippen LogP contribution in [0.25, 0.3) is 0 Å². The minimum Gasteiger partial charge on any atom is -0.494 e. The lowest BCUT2D eigenvalue weighted by molar-refractivity contribution is 0.340. The number of hydrogen-bond acceptors (Lipinski definition) is 4. The maximum absolute atomic E-state index is 12.2. The zero-order valence-electron chi connectivity index (χ0n) is 12.1. The Bertz CT molecular complexity index is 678. The Balaban J connectivity index is 2.07. The van der Waals surface area contributed by atoms with Crippen LogP contribution in [-0.4, -0.2) is 24.8 Å². The van der Waals surface area contributed by atoms with Gasteiger partial charge in [0.05, 0.1) is 23.7 Å². The van der Waals surface area contributed by atoms with E-state index in [1.54, 1.807) is 29.1 Å².